The third-order valence-corrected chi connectivity index (χ3v) is 4.72. The van der Waals surface area contributed by atoms with Crippen molar-refractivity contribution in [2.45, 2.75) is 51.2 Å². The molecule has 0 unspecified atom stereocenters. The summed E-state index contributed by atoms with van der Waals surface area (Å²) in [4.78, 5) is 4.33. The Kier molecular flexibility index (Phi) is 5.47. The molecule has 0 radical (unpaired) electrons. The fourth-order valence-electron chi connectivity index (χ4n) is 3.47. The van der Waals surface area contributed by atoms with Gasteiger partial charge in [-0.1, -0.05) is 19.1 Å². The van der Waals surface area contributed by atoms with Crippen LogP contribution in [0.3, 0.4) is 0 Å². The minimum atomic E-state index is 0.209. The highest BCUT2D eigenvalue weighted by molar-refractivity contribution is 5.90. The van der Waals surface area contributed by atoms with Crippen LogP contribution < -0.4 is 10.1 Å². The Labute approximate surface area is 137 Å². The van der Waals surface area contributed by atoms with Crippen molar-refractivity contribution in [1.29, 1.82) is 0 Å². The molecular formula is C19H26N2O2. The average Bonchev–Trinajstić information content (AvgIpc) is 2.61. The number of benzene rings is 1. The number of ether oxygens (including phenoxy) is 1. The van der Waals surface area contributed by atoms with Crippen LogP contribution in [0.15, 0.2) is 30.6 Å². The normalized spacial score (nSPS) is 21.5. The molecule has 2 N–H and O–H groups in total. The van der Waals surface area contributed by atoms with E-state index in [-0.39, 0.29) is 12.7 Å². The molecule has 1 heterocycles. The Morgan fingerprint density at radius 1 is 1.22 bits per heavy atom. The minimum absolute atomic E-state index is 0.209. The van der Waals surface area contributed by atoms with Crippen LogP contribution in [0.1, 0.15) is 38.2 Å². The number of hydrogen-bond donors (Lipinski definition) is 2. The standard InChI is InChI=1S/C19H26N2O2/c1-2-14-12-20-13-15-4-3-5-18(19(14)15)23-17-8-6-16(7-9-17)21-10-11-22/h3-5,12-13,16-17,21-22H,2,6-11H2,1H3. The summed E-state index contributed by atoms with van der Waals surface area (Å²) in [6.45, 7) is 3.05. The maximum atomic E-state index is 8.90. The molecule has 0 spiro atoms. The number of nitrogens with one attached hydrogen (secondary N) is 1. The Balaban J connectivity index is 1.70. The molecule has 2 aromatic rings. The van der Waals surface area contributed by atoms with E-state index < -0.39 is 0 Å². The molecule has 1 saturated carbocycles. The highest BCUT2D eigenvalue weighted by atomic mass is 16.5. The molecule has 1 fully saturated rings. The lowest BCUT2D eigenvalue weighted by atomic mass is 9.93. The summed E-state index contributed by atoms with van der Waals surface area (Å²) in [5, 5.41) is 14.7. The van der Waals surface area contributed by atoms with Crippen molar-refractivity contribution < 1.29 is 9.84 Å². The van der Waals surface area contributed by atoms with E-state index in [0.29, 0.717) is 12.6 Å². The summed E-state index contributed by atoms with van der Waals surface area (Å²) in [6.07, 6.45) is 9.45. The Morgan fingerprint density at radius 2 is 2.04 bits per heavy atom. The van der Waals surface area contributed by atoms with E-state index in [4.69, 9.17) is 9.84 Å². The van der Waals surface area contributed by atoms with Gasteiger partial charge in [0.1, 0.15) is 5.75 Å². The van der Waals surface area contributed by atoms with E-state index in [0.717, 1.165) is 43.2 Å². The first kappa shape index (κ1) is 16.2. The maximum Gasteiger partial charge on any atom is 0.127 e. The third-order valence-electron chi connectivity index (χ3n) is 4.72. The van der Waals surface area contributed by atoms with Crippen molar-refractivity contribution in [2.24, 2.45) is 0 Å². The fourth-order valence-corrected chi connectivity index (χ4v) is 3.47. The molecule has 4 heteroatoms. The lowest BCUT2D eigenvalue weighted by Crippen LogP contribution is -2.37. The number of pyridine rings is 1. The van der Waals surface area contributed by atoms with E-state index in [1.165, 1.54) is 10.9 Å². The first-order valence-electron chi connectivity index (χ1n) is 8.68. The van der Waals surface area contributed by atoms with Gasteiger partial charge in [0.2, 0.25) is 0 Å². The van der Waals surface area contributed by atoms with Gasteiger partial charge in [-0.2, -0.15) is 0 Å². The van der Waals surface area contributed by atoms with Crippen LogP contribution in [0.4, 0.5) is 0 Å². The van der Waals surface area contributed by atoms with Crippen molar-refractivity contribution in [2.75, 3.05) is 13.2 Å². The predicted molar refractivity (Wildman–Crippen MR) is 92.9 cm³/mol. The van der Waals surface area contributed by atoms with Gasteiger partial charge in [0.25, 0.3) is 0 Å². The predicted octanol–water partition coefficient (Wildman–Crippen LogP) is 3.07. The molecule has 0 bridgehead atoms. The van der Waals surface area contributed by atoms with Crippen LogP contribution >= 0.6 is 0 Å². The quantitative estimate of drug-likeness (QED) is 0.860. The average molecular weight is 314 g/mol. The Morgan fingerprint density at radius 3 is 2.78 bits per heavy atom. The van der Waals surface area contributed by atoms with Crippen LogP contribution in [0.5, 0.6) is 5.75 Å². The van der Waals surface area contributed by atoms with Gasteiger partial charge >= 0.3 is 0 Å². The van der Waals surface area contributed by atoms with Crippen LogP contribution in [0.2, 0.25) is 0 Å². The van der Waals surface area contributed by atoms with Crippen molar-refractivity contribution in [3.63, 3.8) is 0 Å². The minimum Gasteiger partial charge on any atom is -0.490 e. The highest BCUT2D eigenvalue weighted by Crippen LogP contribution is 2.32. The Bertz CT molecular complexity index is 631. The van der Waals surface area contributed by atoms with Gasteiger partial charge < -0.3 is 15.2 Å². The summed E-state index contributed by atoms with van der Waals surface area (Å²) < 4.78 is 6.36. The molecular weight excluding hydrogens is 288 g/mol. The van der Waals surface area contributed by atoms with Gasteiger partial charge in [-0.05, 0) is 43.7 Å². The lowest BCUT2D eigenvalue weighted by Gasteiger charge is -2.30. The molecule has 1 aliphatic carbocycles. The molecule has 0 aliphatic heterocycles. The van der Waals surface area contributed by atoms with Gasteiger partial charge in [0.05, 0.1) is 12.7 Å². The van der Waals surface area contributed by atoms with E-state index >= 15 is 0 Å². The topological polar surface area (TPSA) is 54.4 Å². The molecule has 1 aromatic heterocycles. The number of hydrogen-bond acceptors (Lipinski definition) is 4. The van der Waals surface area contributed by atoms with Crippen LogP contribution in [-0.2, 0) is 6.42 Å². The smallest absolute Gasteiger partial charge is 0.127 e. The summed E-state index contributed by atoms with van der Waals surface area (Å²) in [5.74, 6) is 0.994. The number of aliphatic hydroxyl groups excluding tert-OH is 1. The monoisotopic (exact) mass is 314 g/mol. The molecule has 1 aliphatic rings. The summed E-state index contributed by atoms with van der Waals surface area (Å²) in [5.41, 5.74) is 1.25. The molecule has 124 valence electrons. The van der Waals surface area contributed by atoms with Gasteiger partial charge in [-0.25, -0.2) is 0 Å². The molecule has 3 rings (SSSR count). The highest BCUT2D eigenvalue weighted by Gasteiger charge is 2.22. The third kappa shape index (κ3) is 3.82. The second kappa shape index (κ2) is 7.75. The van der Waals surface area contributed by atoms with E-state index in [9.17, 15) is 0 Å². The second-order valence-electron chi connectivity index (χ2n) is 6.28. The van der Waals surface area contributed by atoms with E-state index in [1.807, 2.05) is 18.5 Å². The zero-order valence-electron chi connectivity index (χ0n) is 13.8. The largest absolute Gasteiger partial charge is 0.490 e. The van der Waals surface area contributed by atoms with Crippen molar-refractivity contribution in [1.82, 2.24) is 10.3 Å². The molecule has 1 aromatic carbocycles. The van der Waals surface area contributed by atoms with Gasteiger partial charge in [0.15, 0.2) is 0 Å². The molecule has 0 atom stereocenters. The number of aryl methyl sites for hydroxylation is 1. The van der Waals surface area contributed by atoms with Crippen LogP contribution in [-0.4, -0.2) is 35.4 Å². The number of aliphatic hydroxyl groups is 1. The number of fused-ring (bicyclic) bond motifs is 1. The SMILES string of the molecule is CCc1cncc2cccc(OC3CCC(NCCO)CC3)c12. The number of rotatable bonds is 6. The molecule has 4 nitrogen and oxygen atoms in total. The molecule has 0 saturated heterocycles. The van der Waals surface area contributed by atoms with Crippen molar-refractivity contribution >= 4 is 10.8 Å². The second-order valence-corrected chi connectivity index (χ2v) is 6.28. The lowest BCUT2D eigenvalue weighted by molar-refractivity contribution is 0.139. The van der Waals surface area contributed by atoms with Gasteiger partial charge in [-0.3, -0.25) is 4.98 Å². The summed E-state index contributed by atoms with van der Waals surface area (Å²) in [7, 11) is 0. The zero-order chi connectivity index (χ0) is 16.1. The molecule has 0 amide bonds. The molecule has 23 heavy (non-hydrogen) atoms. The van der Waals surface area contributed by atoms with Crippen molar-refractivity contribution in [3.8, 4) is 5.75 Å². The van der Waals surface area contributed by atoms with E-state index in [2.05, 4.69) is 29.4 Å². The van der Waals surface area contributed by atoms with Gasteiger partial charge in [0, 0.05) is 35.8 Å². The fraction of sp³-hybridized carbons (Fsp3) is 0.526. The first-order valence-corrected chi connectivity index (χ1v) is 8.68. The van der Waals surface area contributed by atoms with E-state index in [1.54, 1.807) is 0 Å². The van der Waals surface area contributed by atoms with Crippen LogP contribution in [0, 0.1) is 0 Å². The number of aromatic nitrogens is 1. The van der Waals surface area contributed by atoms with Crippen LogP contribution in [0.25, 0.3) is 10.8 Å². The summed E-state index contributed by atoms with van der Waals surface area (Å²) in [6, 6.07) is 6.75. The first-order chi connectivity index (χ1) is 11.3. The van der Waals surface area contributed by atoms with Crippen molar-refractivity contribution in [3.05, 3.63) is 36.2 Å². The Hall–Kier alpha value is -1.65. The zero-order valence-corrected chi connectivity index (χ0v) is 13.8. The maximum absolute atomic E-state index is 8.90. The van der Waals surface area contributed by atoms with Gasteiger partial charge in [-0.15, -0.1) is 0 Å². The summed E-state index contributed by atoms with van der Waals surface area (Å²) >= 11 is 0. The number of nitrogens with zero attached hydrogens (tertiary/aromatic N) is 1.